The summed E-state index contributed by atoms with van der Waals surface area (Å²) >= 11 is 1.45. The second-order valence-electron chi connectivity index (χ2n) is 13.2. The Morgan fingerprint density at radius 3 is 2.33 bits per heavy atom. The number of aliphatic hydroxyl groups excluding tert-OH is 1. The predicted octanol–water partition coefficient (Wildman–Crippen LogP) is 7.30. The lowest BCUT2D eigenvalue weighted by molar-refractivity contribution is 0.0544. The van der Waals surface area contributed by atoms with Crippen LogP contribution in [0.25, 0.3) is 16.9 Å². The Morgan fingerprint density at radius 1 is 0.941 bits per heavy atom. The second-order valence-corrected chi connectivity index (χ2v) is 14.0. The lowest BCUT2D eigenvalue weighted by atomic mass is 9.93. The molecular formula is C40H47N7O3S. The van der Waals surface area contributed by atoms with E-state index in [1.54, 1.807) is 14.3 Å². The minimum Gasteiger partial charge on any atom is -0.394 e. The molecule has 2 amide bonds. The maximum absolute atomic E-state index is 14.6. The van der Waals surface area contributed by atoms with Gasteiger partial charge in [-0.15, -0.1) is 0 Å². The first kappa shape index (κ1) is 35.9. The van der Waals surface area contributed by atoms with E-state index >= 15 is 0 Å². The van der Waals surface area contributed by atoms with Crippen molar-refractivity contribution in [1.29, 1.82) is 0 Å². The number of aliphatic hydroxyl groups is 1. The molecule has 2 aromatic heterocycles. The lowest BCUT2D eigenvalue weighted by Gasteiger charge is -2.36. The molecule has 0 aliphatic carbocycles. The van der Waals surface area contributed by atoms with Crippen LogP contribution in [0.4, 0.5) is 5.69 Å². The molecule has 0 saturated heterocycles. The molecule has 5 aromatic rings. The smallest absolute Gasteiger partial charge is 0.274 e. The molecule has 0 unspecified atom stereocenters. The number of aryl methyl sites for hydroxylation is 2. The number of fused-ring (bicyclic) bond motifs is 1. The number of unbranched alkanes of at least 4 members (excludes halogenated alkanes) is 2. The molecule has 6 rings (SSSR count). The first-order valence-electron chi connectivity index (χ1n) is 17.8. The van der Waals surface area contributed by atoms with Crippen LogP contribution in [0.5, 0.6) is 0 Å². The Hall–Kier alpha value is -4.87. The molecule has 1 aliphatic heterocycles. The Labute approximate surface area is 304 Å². The standard InChI is InChI=1S/C40H47N7O3S/c1-5-7-20-45(21-8-6-2)40(50)37-23-28(3)47(42-37)38-18-15-32(43-51-34-16-13-29(14-17-34)36-19-22-44(4)41-36)25-35(38)39(49)46-26-31-12-10-9-11-30(31)24-33(46)27-48/h9-19,22-23,25,33,43,48H,5-8,20-21,24,26-27H2,1-4H3/t33-/m0/s1. The molecule has 11 heteroatoms. The molecule has 1 atom stereocenters. The highest BCUT2D eigenvalue weighted by Crippen LogP contribution is 2.31. The van der Waals surface area contributed by atoms with Gasteiger partial charge in [0.15, 0.2) is 5.69 Å². The monoisotopic (exact) mass is 705 g/mol. The Bertz CT molecular complexity index is 1960. The van der Waals surface area contributed by atoms with Crippen LogP contribution in [0.15, 0.2) is 90.0 Å². The van der Waals surface area contributed by atoms with Crippen molar-refractivity contribution >= 4 is 29.4 Å². The van der Waals surface area contributed by atoms with Crippen molar-refractivity contribution < 1.29 is 14.7 Å². The van der Waals surface area contributed by atoms with Crippen molar-refractivity contribution in [2.24, 2.45) is 7.05 Å². The number of benzene rings is 3. The topological polar surface area (TPSA) is 109 Å². The van der Waals surface area contributed by atoms with Gasteiger partial charge in [0, 0.05) is 54.7 Å². The fourth-order valence-electron chi connectivity index (χ4n) is 6.48. The van der Waals surface area contributed by atoms with E-state index < -0.39 is 0 Å². The number of nitrogens with one attached hydrogen (secondary N) is 1. The summed E-state index contributed by atoms with van der Waals surface area (Å²) in [5.41, 5.74) is 7.03. The van der Waals surface area contributed by atoms with Crippen molar-refractivity contribution in [1.82, 2.24) is 29.4 Å². The third-order valence-electron chi connectivity index (χ3n) is 9.39. The summed E-state index contributed by atoms with van der Waals surface area (Å²) in [4.78, 5) is 33.0. The molecule has 0 fully saturated rings. The van der Waals surface area contributed by atoms with Gasteiger partial charge in [-0.05, 0) is 91.7 Å². The highest BCUT2D eigenvalue weighted by Gasteiger charge is 2.32. The Morgan fingerprint density at radius 2 is 1.67 bits per heavy atom. The summed E-state index contributed by atoms with van der Waals surface area (Å²) in [7, 11) is 1.90. The van der Waals surface area contributed by atoms with Crippen molar-refractivity contribution in [3.05, 3.63) is 113 Å². The van der Waals surface area contributed by atoms with Crippen LogP contribution in [-0.2, 0) is 20.0 Å². The SMILES string of the molecule is CCCCN(CCCC)C(=O)c1cc(C)n(-c2ccc(NSc3ccc(-c4ccn(C)n4)cc3)cc2C(=O)N2Cc3ccccc3C[C@H]2CO)n1. The van der Waals surface area contributed by atoms with E-state index in [0.29, 0.717) is 43.0 Å². The van der Waals surface area contributed by atoms with Crippen LogP contribution in [0.2, 0.25) is 0 Å². The number of hydrogen-bond acceptors (Lipinski definition) is 7. The number of aromatic nitrogens is 4. The average Bonchev–Trinajstić information content (AvgIpc) is 3.78. The van der Waals surface area contributed by atoms with Crippen LogP contribution in [0, 0.1) is 6.92 Å². The number of carbonyl (C=O) groups excluding carboxylic acids is 2. The maximum Gasteiger partial charge on any atom is 0.274 e. The molecule has 1 aliphatic rings. The number of amides is 2. The minimum absolute atomic E-state index is 0.0941. The lowest BCUT2D eigenvalue weighted by Crippen LogP contribution is -2.46. The van der Waals surface area contributed by atoms with Crippen LogP contribution >= 0.6 is 11.9 Å². The van der Waals surface area contributed by atoms with Gasteiger partial charge in [-0.25, -0.2) is 4.68 Å². The summed E-state index contributed by atoms with van der Waals surface area (Å²) in [5.74, 6) is -0.300. The van der Waals surface area contributed by atoms with Crippen LogP contribution in [0.1, 0.15) is 77.2 Å². The van der Waals surface area contributed by atoms with Gasteiger partial charge < -0.3 is 19.6 Å². The molecule has 3 aromatic carbocycles. The first-order valence-corrected chi connectivity index (χ1v) is 18.6. The predicted molar refractivity (Wildman–Crippen MR) is 203 cm³/mol. The average molecular weight is 706 g/mol. The third-order valence-corrected chi connectivity index (χ3v) is 10.2. The molecule has 10 nitrogen and oxygen atoms in total. The zero-order valence-electron chi connectivity index (χ0n) is 29.9. The van der Waals surface area contributed by atoms with E-state index in [1.165, 1.54) is 11.9 Å². The summed E-state index contributed by atoms with van der Waals surface area (Å²) in [6.07, 6.45) is 6.35. The summed E-state index contributed by atoms with van der Waals surface area (Å²) in [5, 5.41) is 19.7. The molecule has 0 bridgehead atoms. The quantitative estimate of drug-likeness (QED) is 0.117. The fourth-order valence-corrected chi connectivity index (χ4v) is 7.11. The molecule has 0 saturated carbocycles. The van der Waals surface area contributed by atoms with Gasteiger partial charge in [0.2, 0.25) is 0 Å². The number of anilines is 1. The van der Waals surface area contributed by atoms with Crippen LogP contribution < -0.4 is 4.72 Å². The molecule has 51 heavy (non-hydrogen) atoms. The van der Waals surface area contributed by atoms with Crippen molar-refractivity contribution in [3.8, 4) is 16.9 Å². The Kier molecular flexibility index (Phi) is 11.6. The van der Waals surface area contributed by atoms with Gasteiger partial charge in [-0.2, -0.15) is 10.2 Å². The number of rotatable bonds is 14. The number of nitrogens with zero attached hydrogens (tertiary/aromatic N) is 6. The summed E-state index contributed by atoms with van der Waals surface area (Å²) < 4.78 is 6.91. The molecule has 0 radical (unpaired) electrons. The summed E-state index contributed by atoms with van der Waals surface area (Å²) in [6, 6.07) is 25.3. The largest absolute Gasteiger partial charge is 0.394 e. The third kappa shape index (κ3) is 8.21. The van der Waals surface area contributed by atoms with Gasteiger partial charge in [0.25, 0.3) is 11.8 Å². The zero-order chi connectivity index (χ0) is 35.9. The molecule has 266 valence electrons. The molecule has 2 N–H and O–H groups in total. The molecule has 3 heterocycles. The van der Waals surface area contributed by atoms with Gasteiger partial charge >= 0.3 is 0 Å². The Balaban J connectivity index is 1.32. The fraction of sp³-hybridized carbons (Fsp3) is 0.350. The van der Waals surface area contributed by atoms with E-state index in [-0.39, 0.29) is 24.5 Å². The van der Waals surface area contributed by atoms with E-state index in [0.717, 1.165) is 64.3 Å². The number of carbonyl (C=O) groups is 2. The van der Waals surface area contributed by atoms with Gasteiger partial charge in [-0.1, -0.05) is 63.1 Å². The van der Waals surface area contributed by atoms with Gasteiger partial charge in [0.1, 0.15) is 0 Å². The van der Waals surface area contributed by atoms with Crippen LogP contribution in [-0.4, -0.2) is 72.0 Å². The van der Waals surface area contributed by atoms with E-state index in [4.69, 9.17) is 5.10 Å². The molecule has 0 spiro atoms. The van der Waals surface area contributed by atoms with Crippen molar-refractivity contribution in [2.45, 2.75) is 70.4 Å². The van der Waals surface area contributed by atoms with E-state index in [1.807, 2.05) is 97.9 Å². The van der Waals surface area contributed by atoms with Crippen LogP contribution in [0.3, 0.4) is 0 Å². The minimum atomic E-state index is -0.370. The second kappa shape index (κ2) is 16.4. The zero-order valence-corrected chi connectivity index (χ0v) is 30.7. The van der Waals surface area contributed by atoms with Gasteiger partial charge in [0.05, 0.1) is 29.6 Å². The number of hydrogen-bond donors (Lipinski definition) is 2. The van der Waals surface area contributed by atoms with Crippen molar-refractivity contribution in [3.63, 3.8) is 0 Å². The molecular weight excluding hydrogens is 659 g/mol. The van der Waals surface area contributed by atoms with E-state index in [2.05, 4.69) is 29.7 Å². The first-order chi connectivity index (χ1) is 24.8. The van der Waals surface area contributed by atoms with Crippen molar-refractivity contribution in [2.75, 3.05) is 24.4 Å². The highest BCUT2D eigenvalue weighted by atomic mass is 32.2. The van der Waals surface area contributed by atoms with E-state index in [9.17, 15) is 14.7 Å². The maximum atomic E-state index is 14.6. The normalized spacial score (nSPS) is 14.0. The summed E-state index contributed by atoms with van der Waals surface area (Å²) in [6.45, 7) is 7.77. The highest BCUT2D eigenvalue weighted by molar-refractivity contribution is 8.00. The van der Waals surface area contributed by atoms with Gasteiger partial charge in [-0.3, -0.25) is 14.3 Å².